The number of amides is 9. The fourth-order valence-corrected chi connectivity index (χ4v) is 13.6. The summed E-state index contributed by atoms with van der Waals surface area (Å²) in [6.45, 7) is 14.0. The van der Waals surface area contributed by atoms with Gasteiger partial charge in [-0.25, -0.2) is 19.3 Å². The second kappa shape index (κ2) is 51.5. The van der Waals surface area contributed by atoms with Crippen LogP contribution in [0.4, 0.5) is 38.9 Å². The van der Waals surface area contributed by atoms with E-state index in [0.29, 0.717) is 186 Å². The van der Waals surface area contributed by atoms with Crippen molar-refractivity contribution < 1.29 is 100 Å². The third-order valence-corrected chi connectivity index (χ3v) is 20.4. The maximum Gasteiger partial charge on any atom is 0.291 e. The molecular weight excluding hydrogens is 1730 g/mol. The second-order valence-electron chi connectivity index (χ2n) is 31.5. The molecule has 0 aliphatic rings. The smallest absolute Gasteiger partial charge is 0.291 e. The number of nitrogens with zero attached hydrogens (tertiary/aromatic N) is 9. The van der Waals surface area contributed by atoms with Gasteiger partial charge in [0.25, 0.3) is 35.1 Å². The molecule has 0 aliphatic carbocycles. The van der Waals surface area contributed by atoms with Crippen LogP contribution in [0.2, 0.25) is 0 Å². The Bertz CT molecular complexity index is 5620. The van der Waals surface area contributed by atoms with E-state index in [0.717, 1.165) is 19.3 Å². The number of nitrogens with two attached hydrogens (primary N) is 1. The Labute approximate surface area is 767 Å². The van der Waals surface area contributed by atoms with Crippen LogP contribution in [-0.4, -0.2) is 244 Å². The Morgan fingerprint density at radius 1 is 0.474 bits per heavy atom. The first kappa shape index (κ1) is 102. The van der Waals surface area contributed by atoms with E-state index in [1.165, 1.54) is 50.5 Å². The summed E-state index contributed by atoms with van der Waals surface area (Å²) in [5.74, 6) is -2.76. The average molecular weight is 1850 g/mol. The van der Waals surface area contributed by atoms with Gasteiger partial charge in [0, 0.05) is 159 Å². The lowest BCUT2D eigenvalue weighted by atomic mass is 9.93. The van der Waals surface area contributed by atoms with Crippen LogP contribution in [-0.2, 0) is 104 Å². The average Bonchev–Trinajstić information content (AvgIpc) is 1.65. The van der Waals surface area contributed by atoms with Crippen molar-refractivity contribution >= 4 is 98.6 Å². The van der Waals surface area contributed by atoms with Crippen LogP contribution in [0, 0.1) is 19.7 Å². The number of ether oxygens (including phenoxy) is 10. The molecule has 0 atom stereocenters. The fourth-order valence-electron chi connectivity index (χ4n) is 13.6. The molecule has 41 nitrogen and oxygen atoms in total. The standard InChI is InChI=1S/C91H119FN20O21/c1-59-48-62(92)49-60(2)81(59)133-72-19-14-61(91(3,4)123)50-67(72)69-56-111(9)90(122)80-68(69)53-70(101-80)85(117)98-63-15-17-66(18-16-63)132-47-46-131-45-44-130-43-42-129-41-40-128-39-38-127-37-36-126-35-34-125-33-32-124-31-28-94-76(113)22-25-97-87(119)83-104-74(57-109(83)7)103-79(116)23-26-96-86(118)71-51-64(55-112(71)29-13-11-10-12-24-93)99-89(121)84-105-73(58-110(84)8)102-77(114)20-21-78(115)106-75-52-65(54-108(75)6)100-88(120)82-95-27-30-107(82)5/h14-19,27,30,48-58,101,123H,10-13,20-26,28-29,31-47,93H2,1-9H3,(H,94,113)(H,96,118)(H,97,119)(H,98,117)(H,99,121)(H,100,120)(H,102,114)(H,103,116)(H,106,115). The van der Waals surface area contributed by atoms with Gasteiger partial charge in [-0.1, -0.05) is 18.9 Å². The summed E-state index contributed by atoms with van der Waals surface area (Å²) >= 11 is 0. The number of aromatic nitrogens is 10. The van der Waals surface area contributed by atoms with Crippen molar-refractivity contribution in [2.45, 2.75) is 91.2 Å². The first-order valence-corrected chi connectivity index (χ1v) is 43.6. The number of aromatic amines is 1. The maximum absolute atomic E-state index is 14.3. The van der Waals surface area contributed by atoms with Gasteiger partial charge in [0.1, 0.15) is 52.4 Å². The third-order valence-electron chi connectivity index (χ3n) is 20.4. The van der Waals surface area contributed by atoms with Gasteiger partial charge in [-0.2, -0.15) is 0 Å². The van der Waals surface area contributed by atoms with Gasteiger partial charge in [-0.05, 0) is 124 Å². The van der Waals surface area contributed by atoms with Crippen molar-refractivity contribution in [3.05, 3.63) is 178 Å². The van der Waals surface area contributed by atoms with Crippen LogP contribution >= 0.6 is 0 Å². The predicted octanol–water partition coefficient (Wildman–Crippen LogP) is 7.49. The monoisotopic (exact) mass is 1850 g/mol. The van der Waals surface area contributed by atoms with Crippen LogP contribution in [0.25, 0.3) is 22.0 Å². The minimum atomic E-state index is -1.23. The molecule has 0 bridgehead atoms. The number of H-pyrrole nitrogens is 1. The molecule has 10 aromatic rings. The molecule has 716 valence electrons. The lowest BCUT2D eigenvalue weighted by Crippen LogP contribution is -2.33. The highest BCUT2D eigenvalue weighted by molar-refractivity contribution is 6.09. The number of aliphatic hydroxyl groups is 1. The number of halogens is 1. The highest BCUT2D eigenvalue weighted by Gasteiger charge is 2.27. The summed E-state index contributed by atoms with van der Waals surface area (Å²) < 4.78 is 80.3. The van der Waals surface area contributed by atoms with Crippen molar-refractivity contribution in [3.8, 4) is 28.4 Å². The van der Waals surface area contributed by atoms with E-state index in [4.69, 9.17) is 53.1 Å². The highest BCUT2D eigenvalue weighted by Crippen LogP contribution is 2.41. The minimum Gasteiger partial charge on any atom is -0.491 e. The Hall–Kier alpha value is -13.3. The van der Waals surface area contributed by atoms with Crippen LogP contribution in [0.3, 0.4) is 0 Å². The molecule has 42 heteroatoms. The summed E-state index contributed by atoms with van der Waals surface area (Å²) in [6, 6.07) is 19.5. The molecule has 0 unspecified atom stereocenters. The molecule has 0 spiro atoms. The van der Waals surface area contributed by atoms with E-state index in [1.807, 2.05) is 0 Å². The number of carbonyl (C=O) groups excluding carboxylic acids is 9. The zero-order chi connectivity index (χ0) is 95.4. The van der Waals surface area contributed by atoms with E-state index < -0.39 is 52.9 Å². The zero-order valence-electron chi connectivity index (χ0n) is 76.3. The maximum atomic E-state index is 14.3. The number of hydrogen-bond donors (Lipinski definition) is 12. The molecule has 0 saturated carbocycles. The highest BCUT2D eigenvalue weighted by atomic mass is 19.1. The van der Waals surface area contributed by atoms with Crippen LogP contribution < -0.4 is 68.6 Å². The van der Waals surface area contributed by atoms with Crippen molar-refractivity contribution in [1.29, 1.82) is 0 Å². The Morgan fingerprint density at radius 2 is 0.992 bits per heavy atom. The second-order valence-corrected chi connectivity index (χ2v) is 31.5. The molecule has 0 aliphatic heterocycles. The number of aryl methyl sites for hydroxylation is 8. The molecule has 0 radical (unpaired) electrons. The lowest BCUT2D eigenvalue weighted by molar-refractivity contribution is -0.121. The summed E-state index contributed by atoms with van der Waals surface area (Å²) in [5, 5.41) is 36.0. The van der Waals surface area contributed by atoms with E-state index in [-0.39, 0.29) is 128 Å². The van der Waals surface area contributed by atoms with Gasteiger partial charge < -0.3 is 138 Å². The first-order valence-electron chi connectivity index (χ1n) is 43.6. The topological polar surface area (TPSA) is 502 Å². The zero-order valence-corrected chi connectivity index (χ0v) is 76.3. The Kier molecular flexibility index (Phi) is 39.4. The molecule has 7 heterocycles. The van der Waals surface area contributed by atoms with Crippen LogP contribution in [0.1, 0.15) is 135 Å². The third kappa shape index (κ3) is 32.0. The normalized spacial score (nSPS) is 11.4. The van der Waals surface area contributed by atoms with Gasteiger partial charge >= 0.3 is 0 Å². The molecule has 7 aromatic heterocycles. The number of imidazole rings is 3. The summed E-state index contributed by atoms with van der Waals surface area (Å²) in [6.07, 6.45) is 13.6. The van der Waals surface area contributed by atoms with Crippen molar-refractivity contribution in [1.82, 2.24) is 63.3 Å². The number of unbranched alkanes of at least 4 members (excludes halogenated alkanes) is 3. The molecule has 0 saturated heterocycles. The van der Waals surface area contributed by atoms with E-state index in [9.17, 15) is 57.4 Å². The number of fused-ring (bicyclic) bond motifs is 1. The van der Waals surface area contributed by atoms with Crippen LogP contribution in [0.5, 0.6) is 17.2 Å². The minimum absolute atomic E-state index is 0.00768. The summed E-state index contributed by atoms with van der Waals surface area (Å²) in [7, 11) is 8.11. The molecule has 10 rings (SSSR count). The Balaban J connectivity index is 0.493. The number of carbonyl (C=O) groups is 9. The number of hydrogen-bond acceptors (Lipinski definition) is 25. The van der Waals surface area contributed by atoms with Gasteiger partial charge in [0.05, 0.1) is 123 Å². The predicted molar refractivity (Wildman–Crippen MR) is 492 cm³/mol. The Morgan fingerprint density at radius 3 is 1.56 bits per heavy atom. The quantitative estimate of drug-likeness (QED) is 0.0164. The molecule has 13 N–H and O–H groups in total. The molecular formula is C91H119FN20O21. The molecule has 9 amide bonds. The number of nitrogens with one attached hydrogen (secondary N) is 10. The van der Waals surface area contributed by atoms with Gasteiger partial charge in [-0.3, -0.25) is 47.9 Å². The number of rotatable bonds is 58. The fraction of sp³-hybridized carbons (Fsp3) is 0.440. The largest absolute Gasteiger partial charge is 0.491 e. The van der Waals surface area contributed by atoms with Gasteiger partial charge in [0.15, 0.2) is 17.5 Å². The van der Waals surface area contributed by atoms with Crippen LogP contribution in [0.15, 0.2) is 121 Å². The molecule has 0 fully saturated rings. The lowest BCUT2D eigenvalue weighted by Gasteiger charge is -2.22. The number of anilines is 6. The van der Waals surface area contributed by atoms with Crippen molar-refractivity contribution in [2.75, 3.05) is 170 Å². The van der Waals surface area contributed by atoms with E-state index in [2.05, 4.69) is 67.8 Å². The number of pyridine rings is 1. The van der Waals surface area contributed by atoms with Gasteiger partial charge in [-0.15, -0.1) is 0 Å². The molecule has 133 heavy (non-hydrogen) atoms. The van der Waals surface area contributed by atoms with Crippen molar-refractivity contribution in [2.24, 2.45) is 41.0 Å². The summed E-state index contributed by atoms with van der Waals surface area (Å²) in [4.78, 5) is 147. The first-order chi connectivity index (χ1) is 64.0. The van der Waals surface area contributed by atoms with E-state index >= 15 is 0 Å². The molecule has 3 aromatic carbocycles. The number of benzene rings is 3. The SMILES string of the molecule is Cc1cc(F)cc(C)c1Oc1ccc(C(C)(C)O)cc1-c1cn(C)c(=O)c2[nH]c(C(=O)Nc3ccc(OCCOCCOCCOCCOCCOCCOCCOCCOCCNC(=O)CCNC(=O)c4nc(NC(=O)CCNC(=O)c5cc(NC(=O)c6nc(NC(=O)CCC(=O)Nc7cc(NC(=O)c8nccn8C)cn7C)cn6C)cn5CCCCCCN)cn4C)cc3)cc12. The van der Waals surface area contributed by atoms with E-state index in [1.54, 1.807) is 156 Å². The summed E-state index contributed by atoms with van der Waals surface area (Å²) in [5.41, 5.74) is 8.71. The van der Waals surface area contributed by atoms with Crippen molar-refractivity contribution in [3.63, 3.8) is 0 Å². The van der Waals surface area contributed by atoms with Gasteiger partial charge in [0.2, 0.25) is 35.3 Å².